The SMILES string of the molecule is Cc1nc2c(c(N3CCC3)n1)CN(C(=O)CC1(CC(C)C)CC1)C2. The lowest BCUT2D eigenvalue weighted by molar-refractivity contribution is -0.133. The van der Waals surface area contributed by atoms with Crippen LogP contribution in [0, 0.1) is 18.3 Å². The normalized spacial score (nSPS) is 21.0. The van der Waals surface area contributed by atoms with E-state index < -0.39 is 0 Å². The number of hydrogen-bond donors (Lipinski definition) is 0. The van der Waals surface area contributed by atoms with Gasteiger partial charge in [0.1, 0.15) is 11.6 Å². The zero-order valence-electron chi connectivity index (χ0n) is 15.1. The first-order valence-electron chi connectivity index (χ1n) is 9.35. The summed E-state index contributed by atoms with van der Waals surface area (Å²) in [5.74, 6) is 2.87. The number of anilines is 1. The smallest absolute Gasteiger partial charge is 0.223 e. The maximum absolute atomic E-state index is 12.9. The van der Waals surface area contributed by atoms with E-state index >= 15 is 0 Å². The fourth-order valence-electron chi connectivity index (χ4n) is 4.25. The molecule has 2 aliphatic heterocycles. The molecule has 1 aliphatic carbocycles. The van der Waals surface area contributed by atoms with Crippen LogP contribution >= 0.6 is 0 Å². The number of rotatable bonds is 5. The molecule has 130 valence electrons. The first kappa shape index (κ1) is 15.9. The van der Waals surface area contributed by atoms with E-state index in [2.05, 4.69) is 28.7 Å². The second-order valence-electron chi connectivity index (χ2n) is 8.38. The third kappa shape index (κ3) is 2.89. The number of carbonyl (C=O) groups excluding carboxylic acids is 1. The highest BCUT2D eigenvalue weighted by Crippen LogP contribution is 2.54. The average Bonchev–Trinajstić information content (AvgIpc) is 3.03. The summed E-state index contributed by atoms with van der Waals surface area (Å²) in [6, 6.07) is 0. The van der Waals surface area contributed by atoms with Crippen LogP contribution in [-0.2, 0) is 17.9 Å². The maximum atomic E-state index is 12.9. The molecular weight excluding hydrogens is 300 g/mol. The van der Waals surface area contributed by atoms with Crippen molar-refractivity contribution < 1.29 is 4.79 Å². The molecule has 1 aromatic rings. The Kier molecular flexibility index (Phi) is 3.77. The highest BCUT2D eigenvalue weighted by Gasteiger charge is 2.45. The third-order valence-corrected chi connectivity index (χ3v) is 5.71. The summed E-state index contributed by atoms with van der Waals surface area (Å²) in [4.78, 5) is 26.5. The molecule has 0 N–H and O–H groups in total. The van der Waals surface area contributed by atoms with Gasteiger partial charge in [0.15, 0.2) is 0 Å². The van der Waals surface area contributed by atoms with E-state index in [4.69, 9.17) is 0 Å². The molecule has 0 aromatic carbocycles. The van der Waals surface area contributed by atoms with Crippen molar-refractivity contribution in [1.82, 2.24) is 14.9 Å². The Hall–Kier alpha value is -1.65. The molecule has 0 atom stereocenters. The van der Waals surface area contributed by atoms with Gasteiger partial charge in [-0.15, -0.1) is 0 Å². The van der Waals surface area contributed by atoms with Gasteiger partial charge < -0.3 is 9.80 Å². The predicted molar refractivity (Wildman–Crippen MR) is 93.6 cm³/mol. The van der Waals surface area contributed by atoms with E-state index in [-0.39, 0.29) is 0 Å². The Morgan fingerprint density at radius 2 is 1.96 bits per heavy atom. The second kappa shape index (κ2) is 5.71. The van der Waals surface area contributed by atoms with Gasteiger partial charge in [-0.1, -0.05) is 13.8 Å². The molecule has 5 heteroatoms. The van der Waals surface area contributed by atoms with Crippen LogP contribution in [0.25, 0.3) is 0 Å². The van der Waals surface area contributed by atoms with Gasteiger partial charge in [0.25, 0.3) is 0 Å². The molecule has 24 heavy (non-hydrogen) atoms. The fraction of sp³-hybridized carbons (Fsp3) is 0.737. The molecule has 0 spiro atoms. The molecule has 0 bridgehead atoms. The monoisotopic (exact) mass is 328 g/mol. The lowest BCUT2D eigenvalue weighted by Crippen LogP contribution is -2.38. The van der Waals surface area contributed by atoms with Crippen molar-refractivity contribution in [3.05, 3.63) is 17.1 Å². The highest BCUT2D eigenvalue weighted by molar-refractivity contribution is 5.78. The van der Waals surface area contributed by atoms with Crippen molar-refractivity contribution in [3.8, 4) is 0 Å². The van der Waals surface area contributed by atoms with Gasteiger partial charge in [0, 0.05) is 25.1 Å². The summed E-state index contributed by atoms with van der Waals surface area (Å²) in [6.45, 7) is 9.98. The molecule has 0 unspecified atom stereocenters. The molecule has 3 heterocycles. The summed E-state index contributed by atoms with van der Waals surface area (Å²) in [5, 5.41) is 0. The number of aryl methyl sites for hydroxylation is 1. The van der Waals surface area contributed by atoms with Gasteiger partial charge in [0.2, 0.25) is 5.91 Å². The van der Waals surface area contributed by atoms with Crippen molar-refractivity contribution in [1.29, 1.82) is 0 Å². The summed E-state index contributed by atoms with van der Waals surface area (Å²) >= 11 is 0. The van der Waals surface area contributed by atoms with Gasteiger partial charge >= 0.3 is 0 Å². The number of amides is 1. The molecule has 0 radical (unpaired) electrons. The second-order valence-corrected chi connectivity index (χ2v) is 8.38. The maximum Gasteiger partial charge on any atom is 0.223 e. The number of fused-ring (bicyclic) bond motifs is 1. The molecule has 2 fully saturated rings. The van der Waals surface area contributed by atoms with E-state index in [1.54, 1.807) is 0 Å². The zero-order chi connectivity index (χ0) is 16.9. The first-order valence-corrected chi connectivity index (χ1v) is 9.35. The van der Waals surface area contributed by atoms with Crippen molar-refractivity contribution in [3.63, 3.8) is 0 Å². The number of carbonyl (C=O) groups is 1. The summed E-state index contributed by atoms with van der Waals surface area (Å²) < 4.78 is 0. The first-order chi connectivity index (χ1) is 11.5. The molecule has 4 rings (SSSR count). The van der Waals surface area contributed by atoms with Crippen molar-refractivity contribution in [2.45, 2.75) is 66.0 Å². The molecule has 5 nitrogen and oxygen atoms in total. The number of nitrogens with zero attached hydrogens (tertiary/aromatic N) is 4. The van der Waals surface area contributed by atoms with Crippen LogP contribution in [0.2, 0.25) is 0 Å². The van der Waals surface area contributed by atoms with Crippen molar-refractivity contribution in [2.24, 2.45) is 11.3 Å². The molecular formula is C19H28N4O. The quantitative estimate of drug-likeness (QED) is 0.833. The van der Waals surface area contributed by atoms with Crippen LogP contribution in [0.3, 0.4) is 0 Å². The van der Waals surface area contributed by atoms with E-state index in [0.29, 0.717) is 36.8 Å². The summed E-state index contributed by atoms with van der Waals surface area (Å²) in [7, 11) is 0. The lowest BCUT2D eigenvalue weighted by Gasteiger charge is -2.33. The lowest BCUT2D eigenvalue weighted by atomic mass is 9.90. The summed E-state index contributed by atoms with van der Waals surface area (Å²) in [6.07, 6.45) is 5.56. The third-order valence-electron chi connectivity index (χ3n) is 5.71. The predicted octanol–water partition coefficient (Wildman–Crippen LogP) is 3.05. The van der Waals surface area contributed by atoms with Crippen molar-refractivity contribution in [2.75, 3.05) is 18.0 Å². The van der Waals surface area contributed by atoms with Crippen molar-refractivity contribution >= 4 is 11.7 Å². The van der Waals surface area contributed by atoms with E-state index in [9.17, 15) is 4.79 Å². The minimum absolute atomic E-state index is 0.294. The fourth-order valence-corrected chi connectivity index (χ4v) is 4.25. The van der Waals surface area contributed by atoms with Crippen LogP contribution < -0.4 is 4.90 Å². The van der Waals surface area contributed by atoms with Gasteiger partial charge in [-0.25, -0.2) is 9.97 Å². The highest BCUT2D eigenvalue weighted by atomic mass is 16.2. The van der Waals surface area contributed by atoms with Gasteiger partial charge in [-0.05, 0) is 43.9 Å². The number of hydrogen-bond acceptors (Lipinski definition) is 4. The average molecular weight is 328 g/mol. The topological polar surface area (TPSA) is 49.3 Å². The number of aromatic nitrogens is 2. The van der Waals surface area contributed by atoms with Crippen LogP contribution in [0.1, 0.15) is 63.0 Å². The Balaban J connectivity index is 1.48. The molecule has 3 aliphatic rings. The van der Waals surface area contributed by atoms with E-state index in [0.717, 1.165) is 30.4 Å². The minimum atomic E-state index is 0.294. The van der Waals surface area contributed by atoms with E-state index in [1.165, 1.54) is 31.2 Å². The minimum Gasteiger partial charge on any atom is -0.356 e. The Morgan fingerprint density at radius 1 is 1.21 bits per heavy atom. The largest absolute Gasteiger partial charge is 0.356 e. The summed E-state index contributed by atoms with van der Waals surface area (Å²) in [5.41, 5.74) is 2.54. The zero-order valence-corrected chi connectivity index (χ0v) is 15.1. The van der Waals surface area contributed by atoms with Gasteiger partial charge in [-0.3, -0.25) is 4.79 Å². The van der Waals surface area contributed by atoms with Gasteiger partial charge in [0.05, 0.1) is 18.8 Å². The molecule has 1 saturated carbocycles. The Bertz CT molecular complexity index is 662. The van der Waals surface area contributed by atoms with Crippen LogP contribution in [-0.4, -0.2) is 33.9 Å². The molecule has 1 saturated heterocycles. The van der Waals surface area contributed by atoms with E-state index in [1.807, 2.05) is 11.8 Å². The Labute approximate surface area is 144 Å². The van der Waals surface area contributed by atoms with Gasteiger partial charge in [-0.2, -0.15) is 0 Å². The van der Waals surface area contributed by atoms with Crippen LogP contribution in [0.5, 0.6) is 0 Å². The standard InChI is InChI=1S/C19H28N4O/c1-13(2)9-19(5-6-19)10-17(24)23-11-15-16(12-23)20-14(3)21-18(15)22-7-4-8-22/h13H,4-12H2,1-3H3. The molecule has 1 aromatic heterocycles. The van der Waals surface area contributed by atoms with Crippen LogP contribution in [0.15, 0.2) is 0 Å². The molecule has 1 amide bonds. The Morgan fingerprint density at radius 3 is 2.54 bits per heavy atom. The van der Waals surface area contributed by atoms with Crippen LogP contribution in [0.4, 0.5) is 5.82 Å².